The second-order valence-electron chi connectivity index (χ2n) is 6.67. The van der Waals surface area contributed by atoms with Crippen LogP contribution in [0.2, 0.25) is 0 Å². The van der Waals surface area contributed by atoms with Gasteiger partial charge in [-0.3, -0.25) is 4.90 Å². The van der Waals surface area contributed by atoms with Gasteiger partial charge in [-0.1, -0.05) is 20.8 Å². The van der Waals surface area contributed by atoms with Gasteiger partial charge in [-0.05, 0) is 36.6 Å². The quantitative estimate of drug-likeness (QED) is 0.920. The van der Waals surface area contributed by atoms with Crippen LogP contribution < -0.4 is 10.1 Å². The van der Waals surface area contributed by atoms with E-state index in [0.29, 0.717) is 17.3 Å². The predicted molar refractivity (Wildman–Crippen MR) is 81.9 cm³/mol. The molecule has 2 heterocycles. The molecule has 112 valence electrons. The minimum atomic E-state index is 0.290. The van der Waals surface area contributed by atoms with Gasteiger partial charge < -0.3 is 10.1 Å². The highest BCUT2D eigenvalue weighted by atomic mass is 16.5. The molecule has 1 atom stereocenters. The second-order valence-corrected chi connectivity index (χ2v) is 6.67. The summed E-state index contributed by atoms with van der Waals surface area (Å²) >= 11 is 0. The molecule has 1 aromatic rings. The third-order valence-corrected chi connectivity index (χ3v) is 3.94. The average molecular weight is 277 g/mol. The summed E-state index contributed by atoms with van der Waals surface area (Å²) in [5, 5.41) is 3.68. The summed E-state index contributed by atoms with van der Waals surface area (Å²) in [5.41, 5.74) is 1.56. The zero-order valence-electron chi connectivity index (χ0n) is 13.1. The van der Waals surface area contributed by atoms with Gasteiger partial charge in [0.1, 0.15) is 0 Å². The molecule has 1 saturated heterocycles. The fourth-order valence-corrected chi connectivity index (χ4v) is 2.64. The Morgan fingerprint density at radius 3 is 2.95 bits per heavy atom. The number of pyridine rings is 1. The van der Waals surface area contributed by atoms with Crippen molar-refractivity contribution in [1.82, 2.24) is 15.2 Å². The normalized spacial score (nSPS) is 21.5. The lowest BCUT2D eigenvalue weighted by molar-refractivity contribution is 0.192. The van der Waals surface area contributed by atoms with Gasteiger partial charge >= 0.3 is 0 Å². The molecule has 0 saturated carbocycles. The molecule has 4 nitrogen and oxygen atoms in total. The van der Waals surface area contributed by atoms with Crippen LogP contribution in [-0.4, -0.2) is 42.7 Å². The standard InChI is InChI=1S/C16H27N3O/c1-16(2,3)14-12-19(9-5-7-17-14)11-13-6-8-18-15(10-13)20-4/h6,8,10,14,17H,5,7,9,11-12H2,1-4H3. The van der Waals surface area contributed by atoms with Crippen LogP contribution in [0.25, 0.3) is 0 Å². The van der Waals surface area contributed by atoms with Crippen molar-refractivity contribution in [3.8, 4) is 5.88 Å². The molecule has 0 amide bonds. The minimum Gasteiger partial charge on any atom is -0.481 e. The van der Waals surface area contributed by atoms with Crippen molar-refractivity contribution in [3.63, 3.8) is 0 Å². The van der Waals surface area contributed by atoms with E-state index < -0.39 is 0 Å². The Kier molecular flexibility index (Phi) is 5.00. The molecular formula is C16H27N3O. The Labute approximate surface area is 122 Å². The molecule has 1 unspecified atom stereocenters. The molecule has 1 aromatic heterocycles. The van der Waals surface area contributed by atoms with E-state index >= 15 is 0 Å². The summed E-state index contributed by atoms with van der Waals surface area (Å²) in [5.74, 6) is 0.697. The van der Waals surface area contributed by atoms with Gasteiger partial charge in [-0.25, -0.2) is 4.98 Å². The topological polar surface area (TPSA) is 37.4 Å². The molecule has 1 fully saturated rings. The molecule has 0 bridgehead atoms. The lowest BCUT2D eigenvalue weighted by atomic mass is 9.86. The molecule has 20 heavy (non-hydrogen) atoms. The number of nitrogens with one attached hydrogen (secondary N) is 1. The van der Waals surface area contributed by atoms with Crippen molar-refractivity contribution < 1.29 is 4.74 Å². The fourth-order valence-electron chi connectivity index (χ4n) is 2.64. The van der Waals surface area contributed by atoms with E-state index in [1.54, 1.807) is 7.11 Å². The number of ether oxygens (including phenoxy) is 1. The molecule has 1 N–H and O–H groups in total. The van der Waals surface area contributed by atoms with Gasteiger partial charge in [-0.15, -0.1) is 0 Å². The molecule has 1 aliphatic rings. The van der Waals surface area contributed by atoms with Crippen LogP contribution in [0.1, 0.15) is 32.8 Å². The van der Waals surface area contributed by atoms with E-state index in [2.05, 4.69) is 42.0 Å². The number of hydrogen-bond donors (Lipinski definition) is 1. The highest BCUT2D eigenvalue weighted by Gasteiger charge is 2.27. The monoisotopic (exact) mass is 277 g/mol. The Hall–Kier alpha value is -1.13. The first kappa shape index (κ1) is 15.3. The predicted octanol–water partition coefficient (Wildman–Crippen LogP) is 2.30. The lowest BCUT2D eigenvalue weighted by Crippen LogP contribution is -2.46. The maximum absolute atomic E-state index is 5.20. The van der Waals surface area contributed by atoms with Crippen molar-refractivity contribution in [2.45, 2.75) is 39.8 Å². The Bertz CT molecular complexity index is 428. The molecule has 0 aliphatic carbocycles. The number of aromatic nitrogens is 1. The molecule has 0 aromatic carbocycles. The number of nitrogens with zero attached hydrogens (tertiary/aromatic N) is 2. The van der Waals surface area contributed by atoms with Crippen LogP contribution >= 0.6 is 0 Å². The van der Waals surface area contributed by atoms with E-state index in [9.17, 15) is 0 Å². The van der Waals surface area contributed by atoms with Crippen LogP contribution in [0.3, 0.4) is 0 Å². The molecule has 2 rings (SSSR count). The van der Waals surface area contributed by atoms with Crippen molar-refractivity contribution in [1.29, 1.82) is 0 Å². The Morgan fingerprint density at radius 2 is 2.25 bits per heavy atom. The Balaban J connectivity index is 2.03. The highest BCUT2D eigenvalue weighted by Crippen LogP contribution is 2.22. The summed E-state index contributed by atoms with van der Waals surface area (Å²) in [6, 6.07) is 4.64. The van der Waals surface area contributed by atoms with E-state index in [1.807, 2.05) is 12.3 Å². The minimum absolute atomic E-state index is 0.290. The van der Waals surface area contributed by atoms with Gasteiger partial charge in [0.25, 0.3) is 0 Å². The van der Waals surface area contributed by atoms with Crippen molar-refractivity contribution in [3.05, 3.63) is 23.9 Å². The van der Waals surface area contributed by atoms with Crippen LogP contribution in [0, 0.1) is 5.41 Å². The number of rotatable bonds is 3. The van der Waals surface area contributed by atoms with Crippen LogP contribution in [-0.2, 0) is 6.54 Å². The molecule has 4 heteroatoms. The van der Waals surface area contributed by atoms with Crippen molar-refractivity contribution in [2.75, 3.05) is 26.7 Å². The van der Waals surface area contributed by atoms with E-state index in [-0.39, 0.29) is 0 Å². The summed E-state index contributed by atoms with van der Waals surface area (Å²) in [7, 11) is 1.66. The van der Waals surface area contributed by atoms with Gasteiger partial charge in [0.05, 0.1) is 7.11 Å². The maximum atomic E-state index is 5.20. The average Bonchev–Trinajstić information content (AvgIpc) is 2.64. The third kappa shape index (κ3) is 4.18. The number of hydrogen-bond acceptors (Lipinski definition) is 4. The molecule has 0 spiro atoms. The van der Waals surface area contributed by atoms with Crippen molar-refractivity contribution in [2.24, 2.45) is 5.41 Å². The number of methoxy groups -OCH3 is 1. The molecule has 1 aliphatic heterocycles. The summed E-state index contributed by atoms with van der Waals surface area (Å²) in [6.07, 6.45) is 3.03. The summed E-state index contributed by atoms with van der Waals surface area (Å²) in [4.78, 5) is 6.70. The van der Waals surface area contributed by atoms with E-state index in [0.717, 1.165) is 26.2 Å². The maximum Gasteiger partial charge on any atom is 0.213 e. The summed E-state index contributed by atoms with van der Waals surface area (Å²) < 4.78 is 5.20. The third-order valence-electron chi connectivity index (χ3n) is 3.94. The first-order valence-corrected chi connectivity index (χ1v) is 7.43. The second kappa shape index (κ2) is 6.55. The molecule has 0 radical (unpaired) electrons. The van der Waals surface area contributed by atoms with E-state index in [4.69, 9.17) is 4.74 Å². The first-order valence-electron chi connectivity index (χ1n) is 7.43. The van der Waals surface area contributed by atoms with E-state index in [1.165, 1.54) is 12.0 Å². The SMILES string of the molecule is COc1cc(CN2CCCNC(C(C)(C)C)C2)ccn1. The van der Waals surface area contributed by atoms with Gasteiger partial charge in [0, 0.05) is 31.4 Å². The van der Waals surface area contributed by atoms with Gasteiger partial charge in [-0.2, -0.15) is 0 Å². The van der Waals surface area contributed by atoms with Crippen LogP contribution in [0.15, 0.2) is 18.3 Å². The summed E-state index contributed by atoms with van der Waals surface area (Å²) in [6.45, 7) is 11.2. The first-order chi connectivity index (χ1) is 9.49. The van der Waals surface area contributed by atoms with Crippen LogP contribution in [0.5, 0.6) is 5.88 Å². The van der Waals surface area contributed by atoms with Crippen molar-refractivity contribution >= 4 is 0 Å². The zero-order valence-corrected chi connectivity index (χ0v) is 13.1. The Morgan fingerprint density at radius 1 is 1.45 bits per heavy atom. The lowest BCUT2D eigenvalue weighted by Gasteiger charge is -2.33. The largest absolute Gasteiger partial charge is 0.481 e. The molecular weight excluding hydrogens is 250 g/mol. The van der Waals surface area contributed by atoms with Gasteiger partial charge in [0.2, 0.25) is 5.88 Å². The van der Waals surface area contributed by atoms with Crippen LogP contribution in [0.4, 0.5) is 0 Å². The van der Waals surface area contributed by atoms with Gasteiger partial charge in [0.15, 0.2) is 0 Å². The fraction of sp³-hybridized carbons (Fsp3) is 0.688. The smallest absolute Gasteiger partial charge is 0.213 e. The highest BCUT2D eigenvalue weighted by molar-refractivity contribution is 5.20. The zero-order chi connectivity index (χ0) is 14.6.